The zero-order valence-electron chi connectivity index (χ0n) is 15.0. The lowest BCUT2D eigenvalue weighted by atomic mass is 9.57. The van der Waals surface area contributed by atoms with Crippen LogP contribution < -0.4 is 10.1 Å². The summed E-state index contributed by atoms with van der Waals surface area (Å²) in [5.41, 5.74) is 1.99. The van der Waals surface area contributed by atoms with E-state index in [9.17, 15) is 9.59 Å². The SMILES string of the molecule is COc1ccc2c(c1)NC(=O)[C@@H]1[C@@H]2CC[C@]2(C)[C@@H](OC(C)=O)CC[C@@H]12. The molecule has 1 amide bonds. The number of methoxy groups -OCH3 is 1. The molecule has 1 aliphatic heterocycles. The zero-order chi connectivity index (χ0) is 17.8. The van der Waals surface area contributed by atoms with Crippen molar-refractivity contribution in [3.63, 3.8) is 0 Å². The minimum Gasteiger partial charge on any atom is -0.497 e. The van der Waals surface area contributed by atoms with E-state index < -0.39 is 0 Å². The van der Waals surface area contributed by atoms with Crippen LogP contribution >= 0.6 is 0 Å². The molecule has 0 bridgehead atoms. The Morgan fingerprint density at radius 1 is 1.28 bits per heavy atom. The fourth-order valence-corrected chi connectivity index (χ4v) is 5.51. The Bertz CT molecular complexity index is 730. The van der Waals surface area contributed by atoms with Crippen LogP contribution in [0, 0.1) is 17.3 Å². The van der Waals surface area contributed by atoms with Crippen molar-refractivity contribution in [1.82, 2.24) is 0 Å². The molecule has 0 aromatic heterocycles. The fraction of sp³-hybridized carbons (Fsp3) is 0.600. The highest BCUT2D eigenvalue weighted by Crippen LogP contribution is 2.61. The zero-order valence-corrected chi connectivity index (χ0v) is 15.0. The highest BCUT2D eigenvalue weighted by molar-refractivity contribution is 5.97. The van der Waals surface area contributed by atoms with Gasteiger partial charge in [0.05, 0.1) is 7.11 Å². The lowest BCUT2D eigenvalue weighted by molar-refractivity contribution is -0.155. The summed E-state index contributed by atoms with van der Waals surface area (Å²) in [5, 5.41) is 3.09. The maximum Gasteiger partial charge on any atom is 0.302 e. The van der Waals surface area contributed by atoms with Gasteiger partial charge in [-0.3, -0.25) is 9.59 Å². The Labute approximate surface area is 148 Å². The van der Waals surface area contributed by atoms with Crippen molar-refractivity contribution in [3.8, 4) is 5.75 Å². The third-order valence-electron chi connectivity index (χ3n) is 6.71. The van der Waals surface area contributed by atoms with Gasteiger partial charge in [0.15, 0.2) is 0 Å². The van der Waals surface area contributed by atoms with Crippen LogP contribution in [0.15, 0.2) is 18.2 Å². The first-order chi connectivity index (χ1) is 11.9. The summed E-state index contributed by atoms with van der Waals surface area (Å²) in [6.45, 7) is 3.67. The van der Waals surface area contributed by atoms with Gasteiger partial charge in [0.25, 0.3) is 0 Å². The minimum absolute atomic E-state index is 0.0415. The molecule has 2 saturated carbocycles. The van der Waals surface area contributed by atoms with E-state index in [1.807, 2.05) is 12.1 Å². The molecule has 5 atom stereocenters. The monoisotopic (exact) mass is 343 g/mol. The lowest BCUT2D eigenvalue weighted by Crippen LogP contribution is -2.49. The topological polar surface area (TPSA) is 64.6 Å². The Morgan fingerprint density at radius 3 is 2.80 bits per heavy atom. The predicted octanol–water partition coefficient (Wildman–Crippen LogP) is 3.49. The van der Waals surface area contributed by atoms with Crippen molar-refractivity contribution in [1.29, 1.82) is 0 Å². The molecule has 3 aliphatic rings. The Kier molecular flexibility index (Phi) is 3.78. The molecular weight excluding hydrogens is 318 g/mol. The van der Waals surface area contributed by atoms with Gasteiger partial charge in [-0.2, -0.15) is 0 Å². The van der Waals surface area contributed by atoms with E-state index in [2.05, 4.69) is 18.3 Å². The highest BCUT2D eigenvalue weighted by atomic mass is 16.5. The molecule has 5 nitrogen and oxygen atoms in total. The van der Waals surface area contributed by atoms with Crippen molar-refractivity contribution >= 4 is 17.6 Å². The van der Waals surface area contributed by atoms with Gasteiger partial charge in [0.2, 0.25) is 5.91 Å². The van der Waals surface area contributed by atoms with Crippen LogP contribution in [-0.2, 0) is 14.3 Å². The van der Waals surface area contributed by atoms with Crippen LogP contribution in [0.4, 0.5) is 5.69 Å². The van der Waals surface area contributed by atoms with Crippen LogP contribution in [0.5, 0.6) is 5.75 Å². The molecule has 25 heavy (non-hydrogen) atoms. The number of hydrogen-bond acceptors (Lipinski definition) is 4. The second-order valence-electron chi connectivity index (χ2n) is 7.90. The van der Waals surface area contributed by atoms with Crippen molar-refractivity contribution < 1.29 is 19.1 Å². The van der Waals surface area contributed by atoms with Gasteiger partial charge in [-0.1, -0.05) is 13.0 Å². The molecule has 1 N–H and O–H groups in total. The van der Waals surface area contributed by atoms with E-state index in [1.165, 1.54) is 12.5 Å². The van der Waals surface area contributed by atoms with Gasteiger partial charge in [-0.05, 0) is 49.1 Å². The summed E-state index contributed by atoms with van der Waals surface area (Å²) >= 11 is 0. The van der Waals surface area contributed by atoms with Gasteiger partial charge in [0, 0.05) is 30.0 Å². The highest BCUT2D eigenvalue weighted by Gasteiger charge is 2.58. The van der Waals surface area contributed by atoms with Gasteiger partial charge < -0.3 is 14.8 Å². The number of carbonyl (C=O) groups is 2. The molecule has 0 radical (unpaired) electrons. The van der Waals surface area contributed by atoms with Crippen molar-refractivity contribution in [2.24, 2.45) is 17.3 Å². The number of fused-ring (bicyclic) bond motifs is 5. The molecular formula is C20H25NO4. The molecule has 1 aromatic carbocycles. The molecule has 5 heteroatoms. The quantitative estimate of drug-likeness (QED) is 0.835. The molecule has 1 aromatic rings. The maximum atomic E-state index is 12.9. The second-order valence-corrected chi connectivity index (χ2v) is 7.90. The molecule has 0 spiro atoms. The fourth-order valence-electron chi connectivity index (χ4n) is 5.51. The van der Waals surface area contributed by atoms with Gasteiger partial charge >= 0.3 is 5.97 Å². The standard InChI is InChI=1S/C20H25NO4/c1-11(22)25-17-7-6-15-18-14(8-9-20(15,17)2)13-5-4-12(24-3)10-16(13)21-19(18)23/h4-5,10,14-15,17-18H,6-9H2,1-3H3,(H,21,23)/t14-,15+,17+,18-,20+/m1/s1. The molecule has 0 unspecified atom stereocenters. The average molecular weight is 343 g/mol. The number of nitrogens with one attached hydrogen (secondary N) is 1. The molecule has 134 valence electrons. The van der Waals surface area contributed by atoms with Crippen molar-refractivity contribution in [2.45, 2.75) is 51.6 Å². The van der Waals surface area contributed by atoms with Gasteiger partial charge in [-0.25, -0.2) is 0 Å². The van der Waals surface area contributed by atoms with E-state index >= 15 is 0 Å². The van der Waals surface area contributed by atoms with E-state index in [1.54, 1.807) is 7.11 Å². The largest absolute Gasteiger partial charge is 0.497 e. The summed E-state index contributed by atoms with van der Waals surface area (Å²) < 4.78 is 10.9. The van der Waals surface area contributed by atoms with Crippen LogP contribution in [0.2, 0.25) is 0 Å². The summed E-state index contributed by atoms with van der Waals surface area (Å²) in [7, 11) is 1.63. The normalized spacial score (nSPS) is 35.9. The minimum atomic E-state index is -0.223. The number of rotatable bonds is 2. The van der Waals surface area contributed by atoms with Crippen LogP contribution in [0.3, 0.4) is 0 Å². The second kappa shape index (κ2) is 5.75. The number of hydrogen-bond donors (Lipinski definition) is 1. The molecule has 1 heterocycles. The smallest absolute Gasteiger partial charge is 0.302 e. The number of carbonyl (C=O) groups excluding carboxylic acids is 2. The maximum absolute atomic E-state index is 12.9. The predicted molar refractivity (Wildman–Crippen MR) is 93.5 cm³/mol. The number of ether oxygens (including phenoxy) is 2. The average Bonchev–Trinajstić information content (AvgIpc) is 2.90. The summed E-state index contributed by atoms with van der Waals surface area (Å²) in [6.07, 6.45) is 3.65. The summed E-state index contributed by atoms with van der Waals surface area (Å²) in [5.74, 6) is 1.09. The van der Waals surface area contributed by atoms with Crippen LogP contribution in [-0.4, -0.2) is 25.1 Å². The van der Waals surface area contributed by atoms with Gasteiger partial charge in [0.1, 0.15) is 11.9 Å². The Hall–Kier alpha value is -2.04. The number of amides is 1. The van der Waals surface area contributed by atoms with E-state index in [0.29, 0.717) is 0 Å². The van der Waals surface area contributed by atoms with Crippen molar-refractivity contribution in [3.05, 3.63) is 23.8 Å². The molecule has 2 aliphatic carbocycles. The molecule has 4 rings (SSSR count). The summed E-state index contributed by atoms with van der Waals surface area (Å²) in [4.78, 5) is 24.4. The summed E-state index contributed by atoms with van der Waals surface area (Å²) in [6, 6.07) is 5.97. The third-order valence-corrected chi connectivity index (χ3v) is 6.71. The number of esters is 1. The first kappa shape index (κ1) is 16.4. The first-order valence-electron chi connectivity index (χ1n) is 9.10. The van der Waals surface area contributed by atoms with E-state index in [0.717, 1.165) is 37.1 Å². The Morgan fingerprint density at radius 2 is 2.08 bits per heavy atom. The van der Waals surface area contributed by atoms with Crippen LogP contribution in [0.25, 0.3) is 0 Å². The molecule has 0 saturated heterocycles. The lowest BCUT2D eigenvalue weighted by Gasteiger charge is -2.49. The molecule has 2 fully saturated rings. The number of benzene rings is 1. The Balaban J connectivity index is 1.68. The van der Waals surface area contributed by atoms with E-state index in [4.69, 9.17) is 9.47 Å². The van der Waals surface area contributed by atoms with E-state index in [-0.39, 0.29) is 41.1 Å². The van der Waals surface area contributed by atoms with Gasteiger partial charge in [-0.15, -0.1) is 0 Å². The number of anilines is 1. The third kappa shape index (κ3) is 2.43. The van der Waals surface area contributed by atoms with Crippen molar-refractivity contribution in [2.75, 3.05) is 12.4 Å². The van der Waals surface area contributed by atoms with Crippen LogP contribution in [0.1, 0.15) is 51.0 Å². The first-order valence-corrected chi connectivity index (χ1v) is 9.10.